The number of anilines is 2. The topological polar surface area (TPSA) is 57.3 Å². The second kappa shape index (κ2) is 7.41. The summed E-state index contributed by atoms with van der Waals surface area (Å²) in [6, 6.07) is 4.31. The fourth-order valence-electron chi connectivity index (χ4n) is 2.81. The Morgan fingerprint density at radius 3 is 2.76 bits per heavy atom. The Bertz CT molecular complexity index is 456. The average Bonchev–Trinajstić information content (AvgIpc) is 2.50. The third kappa shape index (κ3) is 4.17. The molecule has 0 spiro atoms. The molecule has 2 unspecified atom stereocenters. The Labute approximate surface area is 127 Å². The van der Waals surface area contributed by atoms with Gasteiger partial charge in [0.25, 0.3) is 0 Å². The van der Waals surface area contributed by atoms with Crippen LogP contribution in [0.2, 0.25) is 0 Å². The Morgan fingerprint density at radius 1 is 1.43 bits per heavy atom. The quantitative estimate of drug-likeness (QED) is 0.873. The second-order valence-corrected chi connectivity index (χ2v) is 5.64. The van der Waals surface area contributed by atoms with E-state index in [-0.39, 0.29) is 11.8 Å². The highest BCUT2D eigenvalue weighted by Crippen LogP contribution is 2.19. The summed E-state index contributed by atoms with van der Waals surface area (Å²) in [6.45, 7) is 9.13. The van der Waals surface area contributed by atoms with Crippen LogP contribution in [0, 0.1) is 5.92 Å². The molecule has 0 aromatic carbocycles. The van der Waals surface area contributed by atoms with Gasteiger partial charge in [0.1, 0.15) is 5.82 Å². The smallest absolute Gasteiger partial charge is 0.227 e. The lowest BCUT2D eigenvalue weighted by Crippen LogP contribution is -2.40. The number of aromatic nitrogens is 1. The van der Waals surface area contributed by atoms with Crippen LogP contribution in [0.3, 0.4) is 0 Å². The van der Waals surface area contributed by atoms with Gasteiger partial charge in [-0.3, -0.25) is 4.79 Å². The number of nitrogens with one attached hydrogen (secondary N) is 2. The highest BCUT2D eigenvalue weighted by Gasteiger charge is 2.24. The molecule has 1 saturated heterocycles. The van der Waals surface area contributed by atoms with Gasteiger partial charge in [0.2, 0.25) is 5.91 Å². The van der Waals surface area contributed by atoms with Crippen LogP contribution in [0.15, 0.2) is 18.3 Å². The maximum absolute atomic E-state index is 12.3. The Morgan fingerprint density at radius 2 is 2.19 bits per heavy atom. The molecule has 1 aliphatic heterocycles. The number of nitrogens with zero attached hydrogens (tertiary/aromatic N) is 2. The number of pyridine rings is 1. The van der Waals surface area contributed by atoms with Crippen molar-refractivity contribution in [2.75, 3.05) is 29.9 Å². The first-order valence-electron chi connectivity index (χ1n) is 7.89. The molecule has 0 aliphatic carbocycles. The molecule has 116 valence electrons. The summed E-state index contributed by atoms with van der Waals surface area (Å²) in [7, 11) is 0. The van der Waals surface area contributed by atoms with Crippen molar-refractivity contribution in [2.24, 2.45) is 5.92 Å². The summed E-state index contributed by atoms with van der Waals surface area (Å²) in [5, 5.41) is 6.35. The van der Waals surface area contributed by atoms with Crippen LogP contribution in [0.4, 0.5) is 11.5 Å². The summed E-state index contributed by atoms with van der Waals surface area (Å²) in [4.78, 5) is 18.9. The average molecular weight is 290 g/mol. The number of amides is 1. The molecule has 1 fully saturated rings. The molecule has 0 radical (unpaired) electrons. The highest BCUT2D eigenvalue weighted by molar-refractivity contribution is 5.92. The molecule has 1 aromatic heterocycles. The van der Waals surface area contributed by atoms with Crippen LogP contribution in [0.5, 0.6) is 0 Å². The standard InChI is InChI=1S/C16H26N4O/c1-4-20(5-2)15-7-6-14(11-18-15)19-16(21)13-8-9-17-12(3)10-13/h6-7,11-13,17H,4-5,8-10H2,1-3H3,(H,19,21). The van der Waals surface area contributed by atoms with Crippen molar-refractivity contribution in [1.29, 1.82) is 0 Å². The molecule has 1 aliphatic rings. The van der Waals surface area contributed by atoms with Gasteiger partial charge in [0, 0.05) is 25.0 Å². The lowest BCUT2D eigenvalue weighted by Gasteiger charge is -2.27. The first-order valence-corrected chi connectivity index (χ1v) is 7.89. The van der Waals surface area contributed by atoms with E-state index in [1.165, 1.54) is 0 Å². The zero-order valence-electron chi connectivity index (χ0n) is 13.2. The number of carbonyl (C=O) groups excluding carboxylic acids is 1. The number of hydrogen-bond donors (Lipinski definition) is 2. The minimum atomic E-state index is 0.101. The normalized spacial score (nSPS) is 21.9. The van der Waals surface area contributed by atoms with Crippen LogP contribution < -0.4 is 15.5 Å². The minimum Gasteiger partial charge on any atom is -0.357 e. The Balaban J connectivity index is 1.95. The van der Waals surface area contributed by atoms with Crippen LogP contribution in [-0.4, -0.2) is 36.6 Å². The van der Waals surface area contributed by atoms with Crippen molar-refractivity contribution in [1.82, 2.24) is 10.3 Å². The number of hydrogen-bond acceptors (Lipinski definition) is 4. The maximum Gasteiger partial charge on any atom is 0.227 e. The summed E-state index contributed by atoms with van der Waals surface area (Å²) in [6.07, 6.45) is 3.55. The third-order valence-electron chi connectivity index (χ3n) is 4.10. The van der Waals surface area contributed by atoms with Crippen molar-refractivity contribution in [3.63, 3.8) is 0 Å². The molecule has 1 aromatic rings. The van der Waals surface area contributed by atoms with Crippen LogP contribution in [-0.2, 0) is 4.79 Å². The van der Waals surface area contributed by atoms with Gasteiger partial charge < -0.3 is 15.5 Å². The third-order valence-corrected chi connectivity index (χ3v) is 4.10. The monoisotopic (exact) mass is 290 g/mol. The van der Waals surface area contributed by atoms with Crippen LogP contribution in [0.1, 0.15) is 33.6 Å². The van der Waals surface area contributed by atoms with Crippen molar-refractivity contribution in [2.45, 2.75) is 39.7 Å². The van der Waals surface area contributed by atoms with E-state index in [1.54, 1.807) is 6.20 Å². The van der Waals surface area contributed by atoms with E-state index in [1.807, 2.05) is 12.1 Å². The van der Waals surface area contributed by atoms with E-state index >= 15 is 0 Å². The van der Waals surface area contributed by atoms with E-state index < -0.39 is 0 Å². The van der Waals surface area contributed by atoms with E-state index in [0.29, 0.717) is 6.04 Å². The largest absolute Gasteiger partial charge is 0.357 e. The van der Waals surface area contributed by atoms with Crippen LogP contribution >= 0.6 is 0 Å². The Hall–Kier alpha value is -1.62. The van der Waals surface area contributed by atoms with Crippen molar-refractivity contribution in [3.05, 3.63) is 18.3 Å². The minimum absolute atomic E-state index is 0.101. The molecule has 1 amide bonds. The van der Waals surface area contributed by atoms with Gasteiger partial charge in [-0.25, -0.2) is 4.98 Å². The van der Waals surface area contributed by atoms with Gasteiger partial charge in [-0.05, 0) is 52.3 Å². The maximum atomic E-state index is 12.3. The molecule has 2 rings (SSSR count). The first-order chi connectivity index (χ1) is 10.1. The molecule has 21 heavy (non-hydrogen) atoms. The van der Waals surface area contributed by atoms with Gasteiger partial charge in [-0.15, -0.1) is 0 Å². The molecule has 5 heteroatoms. The van der Waals surface area contributed by atoms with Crippen molar-refractivity contribution >= 4 is 17.4 Å². The molecule has 2 N–H and O–H groups in total. The first kappa shape index (κ1) is 15.8. The number of piperidine rings is 1. The predicted molar refractivity (Wildman–Crippen MR) is 86.6 cm³/mol. The van der Waals surface area contributed by atoms with Gasteiger partial charge in [-0.1, -0.05) is 0 Å². The van der Waals surface area contributed by atoms with Crippen molar-refractivity contribution in [3.8, 4) is 0 Å². The van der Waals surface area contributed by atoms with Gasteiger partial charge in [-0.2, -0.15) is 0 Å². The molecule has 5 nitrogen and oxygen atoms in total. The summed E-state index contributed by atoms with van der Waals surface area (Å²) >= 11 is 0. The van der Waals surface area contributed by atoms with E-state index in [2.05, 4.69) is 41.3 Å². The van der Waals surface area contributed by atoms with E-state index in [4.69, 9.17) is 0 Å². The lowest BCUT2D eigenvalue weighted by molar-refractivity contribution is -0.120. The zero-order valence-corrected chi connectivity index (χ0v) is 13.2. The van der Waals surface area contributed by atoms with Crippen LogP contribution in [0.25, 0.3) is 0 Å². The second-order valence-electron chi connectivity index (χ2n) is 5.64. The van der Waals surface area contributed by atoms with Gasteiger partial charge >= 0.3 is 0 Å². The fraction of sp³-hybridized carbons (Fsp3) is 0.625. The van der Waals surface area contributed by atoms with Gasteiger partial charge in [0.15, 0.2) is 0 Å². The lowest BCUT2D eigenvalue weighted by atomic mass is 9.92. The number of carbonyl (C=O) groups is 1. The fourth-order valence-corrected chi connectivity index (χ4v) is 2.81. The number of rotatable bonds is 5. The molecule has 0 saturated carbocycles. The van der Waals surface area contributed by atoms with E-state index in [0.717, 1.165) is 44.0 Å². The van der Waals surface area contributed by atoms with E-state index in [9.17, 15) is 4.79 Å². The Kier molecular flexibility index (Phi) is 5.56. The molecule has 2 atom stereocenters. The highest BCUT2D eigenvalue weighted by atomic mass is 16.1. The zero-order chi connectivity index (χ0) is 15.2. The predicted octanol–water partition coefficient (Wildman–Crippen LogP) is 2.25. The SMILES string of the molecule is CCN(CC)c1ccc(NC(=O)C2CCNC(C)C2)cn1. The molecular formula is C16H26N4O. The molecule has 2 heterocycles. The van der Waals surface area contributed by atoms with Crippen molar-refractivity contribution < 1.29 is 4.79 Å². The molecular weight excluding hydrogens is 264 g/mol. The summed E-state index contributed by atoms with van der Waals surface area (Å²) in [5.74, 6) is 1.16. The summed E-state index contributed by atoms with van der Waals surface area (Å²) < 4.78 is 0. The molecule has 0 bridgehead atoms. The summed E-state index contributed by atoms with van der Waals surface area (Å²) in [5.41, 5.74) is 0.780. The van der Waals surface area contributed by atoms with Gasteiger partial charge in [0.05, 0.1) is 11.9 Å².